The summed E-state index contributed by atoms with van der Waals surface area (Å²) in [6.45, 7) is 6.51. The van der Waals surface area contributed by atoms with Gasteiger partial charge in [-0.3, -0.25) is 4.90 Å². The number of hydrogen-bond donors (Lipinski definition) is 1. The van der Waals surface area contributed by atoms with Gasteiger partial charge in [-0.2, -0.15) is 13.2 Å². The van der Waals surface area contributed by atoms with E-state index in [0.717, 1.165) is 30.0 Å². The molecule has 0 saturated carbocycles. The van der Waals surface area contributed by atoms with Crippen molar-refractivity contribution in [2.45, 2.75) is 62.7 Å². The van der Waals surface area contributed by atoms with E-state index < -0.39 is 54.9 Å². The van der Waals surface area contributed by atoms with Gasteiger partial charge in [0.15, 0.2) is 9.84 Å². The Morgan fingerprint density at radius 3 is 2.12 bits per heavy atom. The van der Waals surface area contributed by atoms with Gasteiger partial charge in [0.1, 0.15) is 23.2 Å². The first kappa shape index (κ1) is 34.4. The maximum atomic E-state index is 14.9. The third kappa shape index (κ3) is 8.96. The van der Waals surface area contributed by atoms with Crippen LogP contribution in [0.25, 0.3) is 0 Å². The predicted molar refractivity (Wildman–Crippen MR) is 151 cm³/mol. The molecular weight excluding hydrogens is 596 g/mol. The van der Waals surface area contributed by atoms with Crippen molar-refractivity contribution < 1.29 is 44.6 Å². The standard InChI is InChI=1S/C31H35F6NO4S/c1-29(2,21-10-12-22(32)13-11-21)19-38(18-20-8-6-9-24(28(20)34)31(35,36)37)14-7-15-42-23-16-25(33)27(30(3,4)39)26(17-23)43(5,40)41/h6,8-13,16-17,39H,7,14-15,18-19H2,1-5H3. The number of alkyl halides is 3. The second-order valence-electron chi connectivity index (χ2n) is 11.7. The zero-order chi connectivity index (χ0) is 32.4. The summed E-state index contributed by atoms with van der Waals surface area (Å²) in [6.07, 6.45) is -3.73. The van der Waals surface area contributed by atoms with E-state index in [1.165, 1.54) is 32.0 Å². The summed E-state index contributed by atoms with van der Waals surface area (Å²) >= 11 is 0. The van der Waals surface area contributed by atoms with Crippen molar-refractivity contribution >= 4 is 9.84 Å². The molecule has 0 aliphatic heterocycles. The van der Waals surface area contributed by atoms with Gasteiger partial charge in [0.05, 0.1) is 22.7 Å². The third-order valence-corrected chi connectivity index (χ3v) is 8.07. The average Bonchev–Trinajstić information content (AvgIpc) is 2.85. The predicted octanol–water partition coefficient (Wildman–Crippen LogP) is 7.00. The lowest BCUT2D eigenvalue weighted by Gasteiger charge is -2.33. The number of hydrogen-bond acceptors (Lipinski definition) is 5. The van der Waals surface area contributed by atoms with Crippen molar-refractivity contribution in [3.8, 4) is 5.75 Å². The summed E-state index contributed by atoms with van der Waals surface area (Å²) < 4.78 is 114. The molecule has 0 aliphatic carbocycles. The Morgan fingerprint density at radius 2 is 1.56 bits per heavy atom. The minimum atomic E-state index is -4.87. The smallest absolute Gasteiger partial charge is 0.419 e. The molecule has 0 saturated heterocycles. The van der Waals surface area contributed by atoms with E-state index in [2.05, 4.69) is 0 Å². The molecule has 0 aliphatic rings. The van der Waals surface area contributed by atoms with Crippen LogP contribution in [0.4, 0.5) is 26.3 Å². The molecule has 1 N–H and O–H groups in total. The summed E-state index contributed by atoms with van der Waals surface area (Å²) in [4.78, 5) is 1.32. The number of benzene rings is 3. The van der Waals surface area contributed by atoms with Crippen LogP contribution in [-0.4, -0.2) is 44.4 Å². The van der Waals surface area contributed by atoms with E-state index in [1.807, 2.05) is 13.8 Å². The Morgan fingerprint density at radius 1 is 0.930 bits per heavy atom. The Kier molecular flexibility index (Phi) is 10.3. The van der Waals surface area contributed by atoms with Crippen LogP contribution in [0.3, 0.4) is 0 Å². The van der Waals surface area contributed by atoms with Gasteiger partial charge in [-0.1, -0.05) is 38.1 Å². The highest BCUT2D eigenvalue weighted by molar-refractivity contribution is 7.90. The molecule has 0 atom stereocenters. The van der Waals surface area contributed by atoms with Crippen LogP contribution < -0.4 is 4.74 Å². The summed E-state index contributed by atoms with van der Waals surface area (Å²) in [5.41, 5.74) is -3.56. The highest BCUT2D eigenvalue weighted by Gasteiger charge is 2.35. The van der Waals surface area contributed by atoms with Crippen LogP contribution in [-0.2, 0) is 33.6 Å². The maximum absolute atomic E-state index is 14.9. The summed E-state index contributed by atoms with van der Waals surface area (Å²) in [6, 6.07) is 11.0. The van der Waals surface area contributed by atoms with Crippen molar-refractivity contribution in [1.82, 2.24) is 4.90 Å². The van der Waals surface area contributed by atoms with Crippen LogP contribution in [0.2, 0.25) is 0 Å². The van der Waals surface area contributed by atoms with E-state index in [4.69, 9.17) is 4.74 Å². The minimum Gasteiger partial charge on any atom is -0.493 e. The van der Waals surface area contributed by atoms with Gasteiger partial charge in [0.25, 0.3) is 0 Å². The molecule has 3 aromatic rings. The number of rotatable bonds is 12. The Labute approximate surface area is 248 Å². The second kappa shape index (κ2) is 12.9. The molecule has 0 amide bonds. The van der Waals surface area contributed by atoms with Crippen molar-refractivity contribution in [2.75, 3.05) is 26.0 Å². The molecule has 0 unspecified atom stereocenters. The van der Waals surface area contributed by atoms with Crippen LogP contribution in [0.5, 0.6) is 5.75 Å². The number of nitrogens with zero attached hydrogens (tertiary/aromatic N) is 1. The van der Waals surface area contributed by atoms with E-state index in [1.54, 1.807) is 17.0 Å². The van der Waals surface area contributed by atoms with Gasteiger partial charge in [-0.15, -0.1) is 0 Å². The van der Waals surface area contributed by atoms with Gasteiger partial charge >= 0.3 is 6.18 Å². The van der Waals surface area contributed by atoms with E-state index >= 15 is 0 Å². The van der Waals surface area contributed by atoms with Crippen LogP contribution >= 0.6 is 0 Å². The fourth-order valence-corrected chi connectivity index (χ4v) is 5.98. The largest absolute Gasteiger partial charge is 0.493 e. The van der Waals surface area contributed by atoms with E-state index in [-0.39, 0.29) is 49.5 Å². The second-order valence-corrected chi connectivity index (χ2v) is 13.7. The lowest BCUT2D eigenvalue weighted by Crippen LogP contribution is -2.38. The van der Waals surface area contributed by atoms with Crippen LogP contribution in [0.15, 0.2) is 59.5 Å². The van der Waals surface area contributed by atoms with Crippen LogP contribution in [0, 0.1) is 17.5 Å². The van der Waals surface area contributed by atoms with Gasteiger partial charge in [-0.05, 0) is 50.1 Å². The monoisotopic (exact) mass is 631 g/mol. The molecule has 0 aromatic heterocycles. The van der Waals surface area contributed by atoms with Crippen molar-refractivity contribution in [2.24, 2.45) is 0 Å². The SMILES string of the molecule is CC(C)(O)c1c(F)cc(OCCCN(Cc2cccc(C(F)(F)F)c2F)CC(C)(C)c2ccc(F)cc2)cc1S(C)(=O)=O. The van der Waals surface area contributed by atoms with E-state index in [9.17, 15) is 39.9 Å². The van der Waals surface area contributed by atoms with Crippen LogP contribution in [0.1, 0.15) is 56.4 Å². The normalized spacial score (nSPS) is 13.0. The molecule has 0 fully saturated rings. The molecule has 12 heteroatoms. The number of aliphatic hydroxyl groups is 1. The Hall–Kier alpha value is -3.09. The van der Waals surface area contributed by atoms with Gasteiger partial charge in [-0.25, -0.2) is 21.6 Å². The Bertz CT molecular complexity index is 1530. The first-order chi connectivity index (χ1) is 19.7. The fraction of sp³-hybridized carbons (Fsp3) is 0.419. The maximum Gasteiger partial charge on any atom is 0.419 e. The van der Waals surface area contributed by atoms with Crippen molar-refractivity contribution in [1.29, 1.82) is 0 Å². The minimum absolute atomic E-state index is 0.0386. The first-order valence-electron chi connectivity index (χ1n) is 13.4. The summed E-state index contributed by atoms with van der Waals surface area (Å²) in [5, 5.41) is 10.3. The quantitative estimate of drug-likeness (QED) is 0.172. The highest BCUT2D eigenvalue weighted by atomic mass is 32.2. The summed E-state index contributed by atoms with van der Waals surface area (Å²) in [7, 11) is -3.94. The van der Waals surface area contributed by atoms with Crippen molar-refractivity contribution in [3.63, 3.8) is 0 Å². The summed E-state index contributed by atoms with van der Waals surface area (Å²) in [5.74, 6) is -2.85. The first-order valence-corrected chi connectivity index (χ1v) is 15.3. The van der Waals surface area contributed by atoms with Gasteiger partial charge in [0, 0.05) is 48.5 Å². The number of halogens is 6. The Balaban J connectivity index is 1.83. The molecule has 0 radical (unpaired) electrons. The van der Waals surface area contributed by atoms with Gasteiger partial charge < -0.3 is 9.84 Å². The lowest BCUT2D eigenvalue weighted by atomic mass is 9.84. The third-order valence-electron chi connectivity index (χ3n) is 6.95. The fourth-order valence-electron chi connectivity index (χ4n) is 4.93. The molecule has 236 valence electrons. The van der Waals surface area contributed by atoms with Gasteiger partial charge in [0.2, 0.25) is 0 Å². The van der Waals surface area contributed by atoms with Crippen molar-refractivity contribution in [3.05, 3.63) is 94.3 Å². The number of sulfone groups is 1. The zero-order valence-electron chi connectivity index (χ0n) is 24.5. The zero-order valence-corrected chi connectivity index (χ0v) is 25.3. The lowest BCUT2D eigenvalue weighted by molar-refractivity contribution is -0.140. The molecule has 3 rings (SSSR count). The molecular formula is C31H35F6NO4S. The topological polar surface area (TPSA) is 66.8 Å². The average molecular weight is 632 g/mol. The molecule has 0 heterocycles. The molecule has 5 nitrogen and oxygen atoms in total. The molecule has 3 aromatic carbocycles. The number of ether oxygens (including phenoxy) is 1. The molecule has 0 spiro atoms. The van der Waals surface area contributed by atoms with E-state index in [0.29, 0.717) is 6.07 Å². The molecule has 0 bridgehead atoms. The molecule has 43 heavy (non-hydrogen) atoms. The highest BCUT2D eigenvalue weighted by Crippen LogP contribution is 2.35.